The van der Waals surface area contributed by atoms with Gasteiger partial charge in [-0.25, -0.2) is 9.98 Å². The zero-order chi connectivity index (χ0) is 29.4. The minimum Gasteiger partial charge on any atom is -0.405 e. The molecule has 2 aromatic carbocycles. The van der Waals surface area contributed by atoms with Gasteiger partial charge in [-0.1, -0.05) is 81.4 Å². The number of nitrogens with zero attached hydrogens (tertiary/aromatic N) is 5. The second kappa shape index (κ2) is 11.3. The number of rotatable bonds is 8. The summed E-state index contributed by atoms with van der Waals surface area (Å²) in [7, 11) is 0.687. The normalized spacial score (nSPS) is 21.6. The zero-order valence-electron chi connectivity index (χ0n) is 23.8. The molecule has 11 nitrogen and oxygen atoms in total. The maximum Gasteiger partial charge on any atom is 0.280 e. The summed E-state index contributed by atoms with van der Waals surface area (Å²) in [6.45, 7) is 6.54. The maximum atomic E-state index is 12.6. The van der Waals surface area contributed by atoms with Gasteiger partial charge in [-0.2, -0.15) is 4.98 Å². The van der Waals surface area contributed by atoms with Gasteiger partial charge in [0, 0.05) is 14.1 Å². The smallest absolute Gasteiger partial charge is 0.280 e. The Bertz CT molecular complexity index is 1530. The van der Waals surface area contributed by atoms with Crippen LogP contribution in [0.1, 0.15) is 27.0 Å². The van der Waals surface area contributed by atoms with Gasteiger partial charge in [0.2, 0.25) is 5.95 Å². The van der Waals surface area contributed by atoms with Gasteiger partial charge < -0.3 is 24.3 Å². The third-order valence-corrected chi connectivity index (χ3v) is 12.3. The standard InChI is InChI=1S/C29H36N6O5Si/c1-29(2,3)41(19-12-8-6-9-13-19,20-14-10-7-11-15-20)39-16-21-23(36)24(37)27(40-21)35-18-30-22-25(35)32-28(33-26(22)38)31-17-34(4)5/h6-15,17-18,21,23-24,27,36-37H,16H2,1-5H3,(H,32,33,38)/t21-,23?,24?,27-/m1/s1. The molecule has 41 heavy (non-hydrogen) atoms. The Labute approximate surface area is 239 Å². The minimum absolute atomic E-state index is 0.0427. The highest BCUT2D eigenvalue weighted by atomic mass is 28.4. The molecule has 0 amide bonds. The first-order chi connectivity index (χ1) is 19.5. The van der Waals surface area contributed by atoms with Crippen molar-refractivity contribution in [1.29, 1.82) is 0 Å². The number of benzene rings is 2. The summed E-state index contributed by atoms with van der Waals surface area (Å²) in [6, 6.07) is 20.3. The lowest BCUT2D eigenvalue weighted by atomic mass is 10.1. The van der Waals surface area contributed by atoms with Crippen LogP contribution in [-0.2, 0) is 9.16 Å². The molecule has 3 N–H and O–H groups in total. The Morgan fingerprint density at radius 2 is 1.68 bits per heavy atom. The Kier molecular flexibility index (Phi) is 7.95. The Balaban J connectivity index is 1.47. The van der Waals surface area contributed by atoms with Crippen LogP contribution >= 0.6 is 0 Å². The van der Waals surface area contributed by atoms with Crippen molar-refractivity contribution < 1.29 is 19.4 Å². The number of ether oxygens (including phenoxy) is 1. The number of imidazole rings is 1. The number of aromatic amines is 1. The monoisotopic (exact) mass is 576 g/mol. The van der Waals surface area contributed by atoms with Crippen LogP contribution in [0.4, 0.5) is 5.95 Å². The molecule has 3 heterocycles. The van der Waals surface area contributed by atoms with Gasteiger partial charge in [-0.05, 0) is 15.4 Å². The van der Waals surface area contributed by atoms with Crippen molar-refractivity contribution in [2.75, 3.05) is 20.7 Å². The van der Waals surface area contributed by atoms with Gasteiger partial charge in [0.05, 0.1) is 19.3 Å². The van der Waals surface area contributed by atoms with E-state index in [9.17, 15) is 15.0 Å². The predicted octanol–water partition coefficient (Wildman–Crippen LogP) is 1.54. The molecule has 0 saturated carbocycles. The molecule has 0 radical (unpaired) electrons. The Hall–Kier alpha value is -3.68. The molecule has 0 bridgehead atoms. The highest BCUT2D eigenvalue weighted by Crippen LogP contribution is 2.38. The van der Waals surface area contributed by atoms with Crippen molar-refractivity contribution >= 4 is 42.1 Å². The topological polar surface area (TPSA) is 138 Å². The molecule has 1 aliphatic heterocycles. The van der Waals surface area contributed by atoms with Gasteiger partial charge in [0.25, 0.3) is 13.9 Å². The van der Waals surface area contributed by atoms with E-state index in [1.165, 1.54) is 17.2 Å². The first-order valence-electron chi connectivity index (χ1n) is 13.5. The van der Waals surface area contributed by atoms with Crippen LogP contribution in [0.3, 0.4) is 0 Å². The summed E-state index contributed by atoms with van der Waals surface area (Å²) in [4.78, 5) is 29.7. The summed E-state index contributed by atoms with van der Waals surface area (Å²) in [5.74, 6) is 0.0811. The lowest BCUT2D eigenvalue weighted by Crippen LogP contribution is -2.67. The average molecular weight is 577 g/mol. The lowest BCUT2D eigenvalue weighted by Gasteiger charge is -2.43. The molecule has 1 fully saturated rings. The van der Waals surface area contributed by atoms with Crippen LogP contribution in [0, 0.1) is 0 Å². The van der Waals surface area contributed by atoms with Crippen molar-refractivity contribution in [3.05, 3.63) is 77.3 Å². The molecule has 1 aliphatic rings. The zero-order valence-corrected chi connectivity index (χ0v) is 24.8. The lowest BCUT2D eigenvalue weighted by molar-refractivity contribution is -0.0486. The number of aliphatic hydroxyl groups is 2. The van der Waals surface area contributed by atoms with Crippen molar-refractivity contribution in [1.82, 2.24) is 24.4 Å². The number of fused-ring (bicyclic) bond motifs is 1. The molecule has 216 valence electrons. The fourth-order valence-corrected chi connectivity index (χ4v) is 9.97. The fraction of sp³-hybridized carbons (Fsp3) is 0.379. The van der Waals surface area contributed by atoms with E-state index in [1.807, 2.05) is 36.4 Å². The van der Waals surface area contributed by atoms with E-state index in [1.54, 1.807) is 19.0 Å². The number of hydrogen-bond donors (Lipinski definition) is 3. The Morgan fingerprint density at radius 1 is 1.07 bits per heavy atom. The molecule has 2 aromatic heterocycles. The van der Waals surface area contributed by atoms with E-state index in [0.29, 0.717) is 0 Å². The number of nitrogens with one attached hydrogen (secondary N) is 1. The van der Waals surface area contributed by atoms with E-state index in [0.717, 1.165) is 10.4 Å². The van der Waals surface area contributed by atoms with Crippen molar-refractivity contribution in [3.63, 3.8) is 0 Å². The van der Waals surface area contributed by atoms with Gasteiger partial charge >= 0.3 is 0 Å². The van der Waals surface area contributed by atoms with E-state index >= 15 is 0 Å². The molecule has 4 atom stereocenters. The van der Waals surface area contributed by atoms with Crippen molar-refractivity contribution in [2.45, 2.75) is 50.3 Å². The third-order valence-electron chi connectivity index (χ3n) is 7.32. The number of aromatic nitrogens is 4. The van der Waals surface area contributed by atoms with Crippen LogP contribution in [0.15, 0.2) is 76.8 Å². The van der Waals surface area contributed by atoms with Crippen LogP contribution in [-0.4, -0.2) is 88.3 Å². The predicted molar refractivity (Wildman–Crippen MR) is 159 cm³/mol. The van der Waals surface area contributed by atoms with E-state index in [-0.39, 0.29) is 28.8 Å². The number of H-pyrrole nitrogens is 1. The highest BCUT2D eigenvalue weighted by molar-refractivity contribution is 6.99. The minimum atomic E-state index is -2.90. The molecule has 1 saturated heterocycles. The van der Waals surface area contributed by atoms with Crippen LogP contribution in [0.25, 0.3) is 11.2 Å². The van der Waals surface area contributed by atoms with E-state index in [4.69, 9.17) is 9.16 Å². The van der Waals surface area contributed by atoms with Crippen LogP contribution < -0.4 is 15.9 Å². The van der Waals surface area contributed by atoms with Gasteiger partial charge in [-0.15, -0.1) is 0 Å². The third kappa shape index (κ3) is 5.36. The maximum absolute atomic E-state index is 12.6. The highest BCUT2D eigenvalue weighted by Gasteiger charge is 2.52. The molecule has 4 aromatic rings. The molecule has 2 unspecified atom stereocenters. The van der Waals surface area contributed by atoms with Crippen LogP contribution in [0.5, 0.6) is 0 Å². The summed E-state index contributed by atoms with van der Waals surface area (Å²) in [5.41, 5.74) is -0.213. The summed E-state index contributed by atoms with van der Waals surface area (Å²) in [6.07, 6.45) is -1.56. The second-order valence-corrected chi connectivity index (χ2v) is 15.7. The first kappa shape index (κ1) is 28.8. The summed E-state index contributed by atoms with van der Waals surface area (Å²) >= 11 is 0. The quantitative estimate of drug-likeness (QED) is 0.163. The first-order valence-corrected chi connectivity index (χ1v) is 15.4. The van der Waals surface area contributed by atoms with Gasteiger partial charge in [0.15, 0.2) is 17.4 Å². The molecule has 5 rings (SSSR count). The molecular weight excluding hydrogens is 540 g/mol. The van der Waals surface area contributed by atoms with Crippen LogP contribution in [0.2, 0.25) is 5.04 Å². The summed E-state index contributed by atoms with van der Waals surface area (Å²) in [5, 5.41) is 24.1. The number of aliphatic hydroxyl groups excluding tert-OH is 2. The Morgan fingerprint density at radius 3 is 2.24 bits per heavy atom. The van der Waals surface area contributed by atoms with E-state index < -0.39 is 38.4 Å². The van der Waals surface area contributed by atoms with Gasteiger partial charge in [0.1, 0.15) is 18.3 Å². The molecule has 0 spiro atoms. The number of hydrogen-bond acceptors (Lipinski definition) is 8. The summed E-state index contributed by atoms with van der Waals surface area (Å²) < 4.78 is 14.6. The fourth-order valence-electron chi connectivity index (χ4n) is 5.40. The van der Waals surface area contributed by atoms with Crippen molar-refractivity contribution in [3.8, 4) is 0 Å². The SMILES string of the molecule is CN(C)C=Nc1nc2c(ncn2[C@@H]2O[C@H](CO[Si](c3ccccc3)(c3ccccc3)C(C)(C)C)C(O)C2O)c(=O)[nH]1. The molecule has 12 heteroatoms. The largest absolute Gasteiger partial charge is 0.405 e. The second-order valence-electron chi connectivity index (χ2n) is 11.4. The number of aliphatic imine (C=N–C) groups is 1. The van der Waals surface area contributed by atoms with Gasteiger partial charge in [-0.3, -0.25) is 14.3 Å². The molecule has 0 aliphatic carbocycles. The van der Waals surface area contributed by atoms with Crippen molar-refractivity contribution in [2.24, 2.45) is 4.99 Å². The van der Waals surface area contributed by atoms with E-state index in [2.05, 4.69) is 65.0 Å². The average Bonchev–Trinajstić information content (AvgIpc) is 3.49. The molecular formula is C29H36N6O5Si.